The number of rotatable bonds is 7. The average Bonchev–Trinajstić information content (AvgIpc) is 3.23. The molecule has 0 aliphatic heterocycles. The number of benzene rings is 3. The molecule has 1 N–H and O–H groups in total. The van der Waals surface area contributed by atoms with Gasteiger partial charge >= 0.3 is 5.91 Å². The monoisotopic (exact) mass is 400 g/mol. The lowest BCUT2D eigenvalue weighted by atomic mass is 10.1. The second-order valence-corrected chi connectivity index (χ2v) is 6.49. The molecule has 4 aromatic rings. The maximum absolute atomic E-state index is 12.5. The second kappa shape index (κ2) is 8.53. The molecule has 0 saturated carbocycles. The van der Waals surface area contributed by atoms with Gasteiger partial charge in [-0.25, -0.2) is 5.43 Å². The SMILES string of the molecule is C=CCOc1c(C=NNC(=O)c2cc3c(ccc4ccccc43)o2)cccc1OC. The van der Waals surface area contributed by atoms with Gasteiger partial charge in [0.15, 0.2) is 17.3 Å². The van der Waals surface area contributed by atoms with Gasteiger partial charge in [0.2, 0.25) is 0 Å². The highest BCUT2D eigenvalue weighted by atomic mass is 16.5. The number of amides is 1. The number of nitrogens with one attached hydrogen (secondary N) is 1. The fourth-order valence-electron chi connectivity index (χ4n) is 3.21. The summed E-state index contributed by atoms with van der Waals surface area (Å²) in [6.07, 6.45) is 3.14. The van der Waals surface area contributed by atoms with E-state index in [4.69, 9.17) is 13.9 Å². The summed E-state index contributed by atoms with van der Waals surface area (Å²) in [5, 5.41) is 7.05. The first kappa shape index (κ1) is 19.3. The quantitative estimate of drug-likeness (QED) is 0.271. The molecule has 0 spiro atoms. The van der Waals surface area contributed by atoms with Crippen molar-refractivity contribution in [2.24, 2.45) is 5.10 Å². The smallest absolute Gasteiger partial charge is 0.307 e. The molecule has 30 heavy (non-hydrogen) atoms. The predicted molar refractivity (Wildman–Crippen MR) is 117 cm³/mol. The molecule has 0 aliphatic carbocycles. The van der Waals surface area contributed by atoms with Crippen molar-refractivity contribution in [1.29, 1.82) is 0 Å². The molecule has 6 heteroatoms. The van der Waals surface area contributed by atoms with Gasteiger partial charge in [0.1, 0.15) is 12.2 Å². The van der Waals surface area contributed by atoms with Crippen LogP contribution >= 0.6 is 0 Å². The number of ether oxygens (including phenoxy) is 2. The second-order valence-electron chi connectivity index (χ2n) is 6.49. The number of fused-ring (bicyclic) bond motifs is 3. The van der Waals surface area contributed by atoms with E-state index in [1.54, 1.807) is 25.3 Å². The van der Waals surface area contributed by atoms with Crippen LogP contribution < -0.4 is 14.9 Å². The van der Waals surface area contributed by atoms with E-state index in [1.165, 1.54) is 6.21 Å². The Balaban J connectivity index is 1.56. The minimum Gasteiger partial charge on any atom is -0.493 e. The number of carbonyl (C=O) groups is 1. The number of hydrogen-bond acceptors (Lipinski definition) is 5. The lowest BCUT2D eigenvalue weighted by Gasteiger charge is -2.11. The van der Waals surface area contributed by atoms with E-state index in [0.29, 0.717) is 29.3 Å². The number of furan rings is 1. The summed E-state index contributed by atoms with van der Waals surface area (Å²) in [5.74, 6) is 0.833. The van der Waals surface area contributed by atoms with Crippen LogP contribution in [-0.4, -0.2) is 25.8 Å². The Morgan fingerprint density at radius 2 is 2.00 bits per heavy atom. The van der Waals surface area contributed by atoms with Crippen LogP contribution in [0.3, 0.4) is 0 Å². The van der Waals surface area contributed by atoms with E-state index in [0.717, 1.165) is 16.2 Å². The predicted octanol–water partition coefficient (Wildman–Crippen LogP) is 4.92. The third kappa shape index (κ3) is 3.75. The first-order valence-electron chi connectivity index (χ1n) is 9.36. The Morgan fingerprint density at radius 1 is 1.13 bits per heavy atom. The maximum Gasteiger partial charge on any atom is 0.307 e. The molecule has 1 aromatic heterocycles. The van der Waals surface area contributed by atoms with Crippen molar-refractivity contribution in [3.63, 3.8) is 0 Å². The highest BCUT2D eigenvalue weighted by molar-refractivity contribution is 6.08. The third-order valence-corrected chi connectivity index (χ3v) is 4.59. The van der Waals surface area contributed by atoms with Crippen LogP contribution in [0.15, 0.2) is 82.8 Å². The van der Waals surface area contributed by atoms with Crippen molar-refractivity contribution in [2.45, 2.75) is 0 Å². The minimum absolute atomic E-state index is 0.187. The van der Waals surface area contributed by atoms with Gasteiger partial charge in [-0.3, -0.25) is 4.79 Å². The Kier molecular flexibility index (Phi) is 5.48. The lowest BCUT2D eigenvalue weighted by Crippen LogP contribution is -2.16. The lowest BCUT2D eigenvalue weighted by molar-refractivity contribution is 0.0929. The summed E-state index contributed by atoms with van der Waals surface area (Å²) in [6.45, 7) is 3.97. The largest absolute Gasteiger partial charge is 0.493 e. The van der Waals surface area contributed by atoms with Gasteiger partial charge in [-0.05, 0) is 35.0 Å². The summed E-state index contributed by atoms with van der Waals surface area (Å²) in [4.78, 5) is 12.5. The third-order valence-electron chi connectivity index (χ3n) is 4.59. The number of para-hydroxylation sites is 1. The summed E-state index contributed by atoms with van der Waals surface area (Å²) < 4.78 is 16.7. The molecule has 150 valence electrons. The van der Waals surface area contributed by atoms with E-state index >= 15 is 0 Å². The number of carbonyl (C=O) groups excluding carboxylic acids is 1. The van der Waals surface area contributed by atoms with E-state index in [1.807, 2.05) is 48.5 Å². The fraction of sp³-hybridized carbons (Fsp3) is 0.0833. The zero-order valence-electron chi connectivity index (χ0n) is 16.4. The molecule has 1 heterocycles. The molecule has 0 aliphatic rings. The van der Waals surface area contributed by atoms with Crippen LogP contribution in [0.25, 0.3) is 21.7 Å². The van der Waals surface area contributed by atoms with Crippen molar-refractivity contribution >= 4 is 33.9 Å². The minimum atomic E-state index is -0.442. The van der Waals surface area contributed by atoms with Gasteiger partial charge < -0.3 is 13.9 Å². The summed E-state index contributed by atoms with van der Waals surface area (Å²) in [7, 11) is 1.56. The zero-order valence-corrected chi connectivity index (χ0v) is 16.4. The maximum atomic E-state index is 12.5. The van der Waals surface area contributed by atoms with Crippen LogP contribution in [0.2, 0.25) is 0 Å². The number of hydrazone groups is 1. The molecule has 0 fully saturated rings. The van der Waals surface area contributed by atoms with E-state index in [9.17, 15) is 4.79 Å². The highest BCUT2D eigenvalue weighted by Crippen LogP contribution is 2.30. The van der Waals surface area contributed by atoms with Crippen molar-refractivity contribution in [2.75, 3.05) is 13.7 Å². The molecule has 0 radical (unpaired) electrons. The number of nitrogens with zero attached hydrogens (tertiary/aromatic N) is 1. The van der Waals surface area contributed by atoms with Gasteiger partial charge in [0.25, 0.3) is 0 Å². The molecule has 0 unspecified atom stereocenters. The van der Waals surface area contributed by atoms with Gasteiger partial charge in [-0.1, -0.05) is 49.1 Å². The van der Waals surface area contributed by atoms with Crippen molar-refractivity contribution in [3.8, 4) is 11.5 Å². The van der Waals surface area contributed by atoms with Crippen LogP contribution in [-0.2, 0) is 0 Å². The van der Waals surface area contributed by atoms with Crippen molar-refractivity contribution in [3.05, 3.63) is 84.6 Å². The zero-order chi connectivity index (χ0) is 20.9. The van der Waals surface area contributed by atoms with Crippen LogP contribution in [0.1, 0.15) is 16.1 Å². The summed E-state index contributed by atoms with van der Waals surface area (Å²) >= 11 is 0. The Bertz CT molecular complexity index is 1260. The topological polar surface area (TPSA) is 73.1 Å². The molecule has 0 saturated heterocycles. The van der Waals surface area contributed by atoms with Gasteiger partial charge in [-0.2, -0.15) is 5.10 Å². The molecule has 6 nitrogen and oxygen atoms in total. The summed E-state index contributed by atoms with van der Waals surface area (Å²) in [5.41, 5.74) is 3.81. The molecule has 3 aromatic carbocycles. The van der Waals surface area contributed by atoms with Gasteiger partial charge in [0, 0.05) is 10.9 Å². The molecule has 0 atom stereocenters. The van der Waals surface area contributed by atoms with Gasteiger partial charge in [-0.15, -0.1) is 0 Å². The first-order valence-corrected chi connectivity index (χ1v) is 9.36. The van der Waals surface area contributed by atoms with Crippen LogP contribution in [0.4, 0.5) is 0 Å². The van der Waals surface area contributed by atoms with Crippen molar-refractivity contribution < 1.29 is 18.7 Å². The Morgan fingerprint density at radius 3 is 2.83 bits per heavy atom. The highest BCUT2D eigenvalue weighted by Gasteiger charge is 2.14. The van der Waals surface area contributed by atoms with E-state index < -0.39 is 5.91 Å². The first-order chi connectivity index (χ1) is 14.7. The fourth-order valence-corrected chi connectivity index (χ4v) is 3.21. The number of hydrogen-bond donors (Lipinski definition) is 1. The van der Waals surface area contributed by atoms with Crippen LogP contribution in [0.5, 0.6) is 11.5 Å². The Labute approximate surface area is 173 Å². The Hall–Kier alpha value is -4.06. The molecule has 1 amide bonds. The molecular weight excluding hydrogens is 380 g/mol. The average molecular weight is 400 g/mol. The van der Waals surface area contributed by atoms with Crippen molar-refractivity contribution in [1.82, 2.24) is 5.43 Å². The summed E-state index contributed by atoms with van der Waals surface area (Å²) in [6, 6.07) is 18.9. The van der Waals surface area contributed by atoms with E-state index in [-0.39, 0.29) is 5.76 Å². The number of methoxy groups -OCH3 is 1. The molecule has 4 rings (SSSR count). The molecule has 0 bridgehead atoms. The standard InChI is InChI=1S/C24H20N2O4/c1-3-13-29-23-17(8-6-10-21(23)28-2)15-25-26-24(27)22-14-19-18-9-5-4-7-16(18)11-12-20(19)30-22/h3-12,14-15H,1,13H2,2H3,(H,26,27). The molecular formula is C24H20N2O4. The van der Waals surface area contributed by atoms with Gasteiger partial charge in [0.05, 0.1) is 13.3 Å². The normalized spacial score (nSPS) is 11.1. The van der Waals surface area contributed by atoms with Crippen LogP contribution in [0, 0.1) is 0 Å². The van der Waals surface area contributed by atoms with E-state index in [2.05, 4.69) is 17.1 Å².